The van der Waals surface area contributed by atoms with Crippen molar-refractivity contribution in [2.45, 2.75) is 19.4 Å². The molecule has 2 aromatic carbocycles. The maximum absolute atomic E-state index is 12.5. The minimum absolute atomic E-state index is 0.0790. The maximum Gasteiger partial charge on any atom is 0.319 e. The third kappa shape index (κ3) is 4.45. The van der Waals surface area contributed by atoms with Gasteiger partial charge in [0.25, 0.3) is 0 Å². The molecule has 2 aliphatic rings. The predicted octanol–water partition coefficient (Wildman–Crippen LogP) is 2.34. The number of nitrogens with zero attached hydrogens (tertiary/aromatic N) is 1. The molecule has 0 aromatic heterocycles. The van der Waals surface area contributed by atoms with Crippen LogP contribution in [0.15, 0.2) is 42.5 Å². The van der Waals surface area contributed by atoms with E-state index in [2.05, 4.69) is 16.0 Å². The van der Waals surface area contributed by atoms with Crippen LogP contribution in [0.5, 0.6) is 11.5 Å². The molecule has 9 nitrogen and oxygen atoms in total. The van der Waals surface area contributed by atoms with E-state index in [9.17, 15) is 14.4 Å². The van der Waals surface area contributed by atoms with Gasteiger partial charge in [0.2, 0.25) is 11.8 Å². The number of ether oxygens (including phenoxy) is 2. The number of benzene rings is 2. The zero-order valence-electron chi connectivity index (χ0n) is 16.4. The molecule has 4 amide bonds. The van der Waals surface area contributed by atoms with E-state index in [-0.39, 0.29) is 24.3 Å². The summed E-state index contributed by atoms with van der Waals surface area (Å²) in [6.07, 6.45) is 0.202. The van der Waals surface area contributed by atoms with Gasteiger partial charge in [-0.25, -0.2) is 4.79 Å². The number of carbonyl (C=O) groups excluding carboxylic acids is 3. The summed E-state index contributed by atoms with van der Waals surface area (Å²) in [5.74, 6) is 0.997. The Morgan fingerprint density at radius 1 is 1.00 bits per heavy atom. The van der Waals surface area contributed by atoms with Gasteiger partial charge in [0, 0.05) is 43.0 Å². The molecule has 9 heteroatoms. The molecule has 0 aliphatic carbocycles. The SMILES string of the molecule is CC(=O)Nc1cccc(NC(=O)N[C@@H]2CC(=O)N(c3ccc4c(c3)OCCO4)C2)c1. The monoisotopic (exact) mass is 410 g/mol. The molecule has 156 valence electrons. The van der Waals surface area contributed by atoms with Crippen molar-refractivity contribution in [2.24, 2.45) is 0 Å². The second kappa shape index (κ2) is 8.32. The molecule has 1 atom stereocenters. The van der Waals surface area contributed by atoms with Crippen molar-refractivity contribution < 1.29 is 23.9 Å². The summed E-state index contributed by atoms with van der Waals surface area (Å²) in [4.78, 5) is 37.6. The molecule has 0 bridgehead atoms. The van der Waals surface area contributed by atoms with Crippen LogP contribution in [0.4, 0.5) is 21.9 Å². The smallest absolute Gasteiger partial charge is 0.319 e. The van der Waals surface area contributed by atoms with Crippen LogP contribution in [-0.4, -0.2) is 43.6 Å². The van der Waals surface area contributed by atoms with E-state index >= 15 is 0 Å². The second-order valence-corrected chi connectivity index (χ2v) is 7.09. The average molecular weight is 410 g/mol. The number of urea groups is 1. The van der Waals surface area contributed by atoms with Crippen molar-refractivity contribution in [3.8, 4) is 11.5 Å². The van der Waals surface area contributed by atoms with E-state index in [0.29, 0.717) is 48.3 Å². The first-order valence-corrected chi connectivity index (χ1v) is 9.63. The quantitative estimate of drug-likeness (QED) is 0.717. The van der Waals surface area contributed by atoms with Gasteiger partial charge < -0.3 is 30.3 Å². The lowest BCUT2D eigenvalue weighted by molar-refractivity contribution is -0.117. The molecule has 2 aromatic rings. The number of anilines is 3. The van der Waals surface area contributed by atoms with Crippen molar-refractivity contribution >= 4 is 34.9 Å². The molecule has 1 saturated heterocycles. The Bertz CT molecular complexity index is 993. The first-order chi connectivity index (χ1) is 14.5. The molecule has 0 spiro atoms. The van der Waals surface area contributed by atoms with Crippen LogP contribution in [0.3, 0.4) is 0 Å². The highest BCUT2D eigenvalue weighted by Crippen LogP contribution is 2.35. The van der Waals surface area contributed by atoms with Crippen LogP contribution in [0.25, 0.3) is 0 Å². The van der Waals surface area contributed by atoms with Crippen molar-refractivity contribution in [2.75, 3.05) is 35.3 Å². The fraction of sp³-hybridized carbons (Fsp3) is 0.286. The number of rotatable bonds is 4. The van der Waals surface area contributed by atoms with E-state index < -0.39 is 6.03 Å². The zero-order chi connectivity index (χ0) is 21.1. The Labute approximate surface area is 173 Å². The number of amides is 4. The van der Waals surface area contributed by atoms with Crippen LogP contribution in [-0.2, 0) is 9.59 Å². The van der Waals surface area contributed by atoms with Crippen molar-refractivity contribution in [1.29, 1.82) is 0 Å². The standard InChI is InChI=1S/C21H22N4O5/c1-13(26)22-14-3-2-4-15(9-14)23-21(28)24-16-10-20(27)25(12-16)17-5-6-18-19(11-17)30-8-7-29-18/h2-6,9,11,16H,7-8,10,12H2,1H3,(H,22,26)(H2,23,24,28)/t16-/m1/s1. The fourth-order valence-electron chi connectivity index (χ4n) is 3.48. The zero-order valence-corrected chi connectivity index (χ0v) is 16.4. The Kier molecular flexibility index (Phi) is 5.42. The lowest BCUT2D eigenvalue weighted by Crippen LogP contribution is -2.39. The van der Waals surface area contributed by atoms with Crippen LogP contribution in [0, 0.1) is 0 Å². The van der Waals surface area contributed by atoms with Crippen molar-refractivity contribution in [3.63, 3.8) is 0 Å². The van der Waals surface area contributed by atoms with Gasteiger partial charge in [-0.05, 0) is 30.3 Å². The van der Waals surface area contributed by atoms with Gasteiger partial charge in [0.15, 0.2) is 11.5 Å². The molecule has 3 N–H and O–H groups in total. The Balaban J connectivity index is 1.36. The van der Waals surface area contributed by atoms with Crippen LogP contribution in [0.2, 0.25) is 0 Å². The predicted molar refractivity (Wildman–Crippen MR) is 111 cm³/mol. The van der Waals surface area contributed by atoms with E-state index in [4.69, 9.17) is 9.47 Å². The number of nitrogens with one attached hydrogen (secondary N) is 3. The average Bonchev–Trinajstić information content (AvgIpc) is 3.07. The first kappa shape index (κ1) is 19.6. The highest BCUT2D eigenvalue weighted by molar-refractivity contribution is 5.98. The molecular weight excluding hydrogens is 388 g/mol. The Hall–Kier alpha value is -3.75. The van der Waals surface area contributed by atoms with Gasteiger partial charge in [-0.3, -0.25) is 9.59 Å². The summed E-state index contributed by atoms with van der Waals surface area (Å²) < 4.78 is 11.1. The summed E-state index contributed by atoms with van der Waals surface area (Å²) in [6, 6.07) is 11.4. The summed E-state index contributed by atoms with van der Waals surface area (Å²) in [5.41, 5.74) is 1.82. The van der Waals surface area contributed by atoms with Crippen LogP contribution >= 0.6 is 0 Å². The lowest BCUT2D eigenvalue weighted by atomic mass is 10.2. The van der Waals surface area contributed by atoms with Gasteiger partial charge >= 0.3 is 6.03 Å². The summed E-state index contributed by atoms with van der Waals surface area (Å²) in [7, 11) is 0. The topological polar surface area (TPSA) is 109 Å². The number of hydrogen-bond acceptors (Lipinski definition) is 5. The molecule has 2 aliphatic heterocycles. The largest absolute Gasteiger partial charge is 0.486 e. The van der Waals surface area contributed by atoms with Gasteiger partial charge in [0.05, 0.1) is 6.04 Å². The molecule has 0 saturated carbocycles. The van der Waals surface area contributed by atoms with Gasteiger partial charge in [0.1, 0.15) is 13.2 Å². The van der Waals surface area contributed by atoms with Crippen LogP contribution < -0.4 is 30.3 Å². The molecule has 0 unspecified atom stereocenters. The lowest BCUT2D eigenvalue weighted by Gasteiger charge is -2.22. The minimum Gasteiger partial charge on any atom is -0.486 e. The maximum atomic E-state index is 12.5. The molecule has 2 heterocycles. The third-order valence-electron chi connectivity index (χ3n) is 4.74. The third-order valence-corrected chi connectivity index (χ3v) is 4.74. The van der Waals surface area contributed by atoms with E-state index in [0.717, 1.165) is 0 Å². The number of carbonyl (C=O) groups is 3. The van der Waals surface area contributed by atoms with E-state index in [1.54, 1.807) is 47.4 Å². The summed E-state index contributed by atoms with van der Waals surface area (Å²) >= 11 is 0. The van der Waals surface area contributed by atoms with Gasteiger partial charge in [-0.15, -0.1) is 0 Å². The van der Waals surface area contributed by atoms with Crippen molar-refractivity contribution in [1.82, 2.24) is 5.32 Å². The summed E-state index contributed by atoms with van der Waals surface area (Å²) in [5, 5.41) is 8.21. The second-order valence-electron chi connectivity index (χ2n) is 7.09. The Morgan fingerprint density at radius 2 is 1.73 bits per heavy atom. The molecule has 30 heavy (non-hydrogen) atoms. The van der Waals surface area contributed by atoms with Gasteiger partial charge in [-0.2, -0.15) is 0 Å². The summed E-state index contributed by atoms with van der Waals surface area (Å²) in [6.45, 7) is 2.75. The molecular formula is C21H22N4O5. The highest BCUT2D eigenvalue weighted by atomic mass is 16.6. The molecule has 1 fully saturated rings. The fourth-order valence-corrected chi connectivity index (χ4v) is 3.48. The van der Waals surface area contributed by atoms with Crippen molar-refractivity contribution in [3.05, 3.63) is 42.5 Å². The first-order valence-electron chi connectivity index (χ1n) is 9.63. The molecule has 0 radical (unpaired) electrons. The van der Waals surface area contributed by atoms with E-state index in [1.165, 1.54) is 6.92 Å². The number of hydrogen-bond donors (Lipinski definition) is 3. The van der Waals surface area contributed by atoms with E-state index in [1.807, 2.05) is 0 Å². The Morgan fingerprint density at radius 3 is 2.50 bits per heavy atom. The normalized spacial score (nSPS) is 17.4. The minimum atomic E-state index is -0.420. The highest BCUT2D eigenvalue weighted by Gasteiger charge is 2.32. The van der Waals surface area contributed by atoms with Crippen LogP contribution in [0.1, 0.15) is 13.3 Å². The molecule has 4 rings (SSSR count). The number of fused-ring (bicyclic) bond motifs is 1. The van der Waals surface area contributed by atoms with Gasteiger partial charge in [-0.1, -0.05) is 6.07 Å².